The number of amides is 1. The van der Waals surface area contributed by atoms with Crippen LogP contribution in [0.3, 0.4) is 0 Å². The highest BCUT2D eigenvalue weighted by Crippen LogP contribution is 2.46. The Hall–Kier alpha value is -3.48. The van der Waals surface area contributed by atoms with Gasteiger partial charge in [-0.05, 0) is 19.1 Å². The minimum Gasteiger partial charge on any atom is -0.456 e. The number of hydrogen-bond acceptors (Lipinski definition) is 9. The SMILES string of the molecule is CCS(=O)(=O)N1CCN(c2nc3sc(C(N)=O)c(N)c3c(-c3cc4ccccc4o3)c2C2=NC2)CC1. The number of pyridine rings is 1. The van der Waals surface area contributed by atoms with Gasteiger partial charge in [0.2, 0.25) is 10.0 Å². The molecule has 1 amide bonds. The van der Waals surface area contributed by atoms with Crippen LogP contribution >= 0.6 is 11.3 Å². The second-order valence-electron chi connectivity index (χ2n) is 8.77. The molecule has 0 radical (unpaired) electrons. The van der Waals surface area contributed by atoms with Crippen molar-refractivity contribution >= 4 is 65.7 Å². The number of thiophene rings is 1. The predicted molar refractivity (Wildman–Crippen MR) is 142 cm³/mol. The molecule has 4 aromatic rings. The van der Waals surface area contributed by atoms with Crippen LogP contribution < -0.4 is 16.4 Å². The van der Waals surface area contributed by atoms with Gasteiger partial charge in [0.05, 0.1) is 29.3 Å². The van der Waals surface area contributed by atoms with Crippen molar-refractivity contribution in [2.75, 3.05) is 49.1 Å². The highest BCUT2D eigenvalue weighted by molar-refractivity contribution is 7.89. The molecule has 2 aliphatic rings. The number of rotatable bonds is 6. The summed E-state index contributed by atoms with van der Waals surface area (Å²) in [5, 5.41) is 1.55. The number of aromatic nitrogens is 1. The van der Waals surface area contributed by atoms with Crippen LogP contribution in [0.15, 0.2) is 39.7 Å². The lowest BCUT2D eigenvalue weighted by molar-refractivity contribution is 0.100. The number of piperazine rings is 1. The number of furan rings is 1. The number of nitrogen functional groups attached to an aromatic ring is 1. The van der Waals surface area contributed by atoms with Crippen molar-refractivity contribution < 1.29 is 17.6 Å². The van der Waals surface area contributed by atoms with Crippen molar-refractivity contribution in [2.24, 2.45) is 10.7 Å². The lowest BCUT2D eigenvalue weighted by Crippen LogP contribution is -2.49. The minimum atomic E-state index is -3.27. The number of para-hydroxylation sites is 1. The first-order valence-electron chi connectivity index (χ1n) is 11.6. The zero-order chi connectivity index (χ0) is 25.2. The fourth-order valence-corrected chi connectivity index (χ4v) is 6.77. The van der Waals surface area contributed by atoms with Gasteiger partial charge in [0.25, 0.3) is 5.91 Å². The van der Waals surface area contributed by atoms with Crippen LogP contribution in [0.25, 0.3) is 32.5 Å². The Morgan fingerprint density at radius 1 is 1.17 bits per heavy atom. The van der Waals surface area contributed by atoms with Crippen molar-refractivity contribution in [3.8, 4) is 11.3 Å². The summed E-state index contributed by atoms with van der Waals surface area (Å²) in [5.41, 5.74) is 15.5. The smallest absolute Gasteiger partial charge is 0.260 e. The maximum Gasteiger partial charge on any atom is 0.260 e. The Labute approximate surface area is 211 Å². The lowest BCUT2D eigenvalue weighted by atomic mass is 9.98. The maximum atomic E-state index is 12.4. The Morgan fingerprint density at radius 2 is 1.89 bits per heavy atom. The molecule has 0 spiro atoms. The summed E-state index contributed by atoms with van der Waals surface area (Å²) in [5.74, 6) is 0.735. The van der Waals surface area contributed by atoms with E-state index in [1.54, 1.807) is 6.92 Å². The summed E-state index contributed by atoms with van der Waals surface area (Å²) in [6.45, 7) is 3.88. The second kappa shape index (κ2) is 8.29. The van der Waals surface area contributed by atoms with E-state index in [-0.39, 0.29) is 16.3 Å². The van der Waals surface area contributed by atoms with Crippen LogP contribution in [-0.2, 0) is 10.0 Å². The maximum absolute atomic E-state index is 12.4. The standard InChI is InChI=1S/C24H24N6O4S2/c1-2-36(32,33)30-9-7-29(8-10-30)23-17(14-12-27-14)18(16-11-13-5-3-4-6-15(13)34-16)19-20(25)21(22(26)31)35-24(19)28-23/h3-6,11H,2,7-10,12,25H2,1H3,(H2,26,31). The van der Waals surface area contributed by atoms with Crippen LogP contribution in [-0.4, -0.2) is 67.8 Å². The third kappa shape index (κ3) is 3.64. The van der Waals surface area contributed by atoms with E-state index in [1.165, 1.54) is 4.31 Å². The summed E-state index contributed by atoms with van der Waals surface area (Å²) in [7, 11) is -3.27. The van der Waals surface area contributed by atoms with Crippen molar-refractivity contribution in [2.45, 2.75) is 6.92 Å². The van der Waals surface area contributed by atoms with E-state index in [2.05, 4.69) is 9.89 Å². The van der Waals surface area contributed by atoms with Gasteiger partial charge in [-0.3, -0.25) is 9.79 Å². The van der Waals surface area contributed by atoms with Gasteiger partial charge in [-0.2, -0.15) is 4.31 Å². The van der Waals surface area contributed by atoms with Gasteiger partial charge in [-0.25, -0.2) is 13.4 Å². The summed E-state index contributed by atoms with van der Waals surface area (Å²) in [6.07, 6.45) is 0. The molecule has 4 N–H and O–H groups in total. The number of fused-ring (bicyclic) bond motifs is 2. The zero-order valence-electron chi connectivity index (χ0n) is 19.5. The van der Waals surface area contributed by atoms with E-state index in [4.69, 9.17) is 20.9 Å². The molecule has 3 aromatic heterocycles. The van der Waals surface area contributed by atoms with E-state index < -0.39 is 15.9 Å². The van der Waals surface area contributed by atoms with Crippen molar-refractivity contribution in [3.05, 3.63) is 40.8 Å². The number of hydrogen-bond donors (Lipinski definition) is 2. The molecule has 0 atom stereocenters. The number of anilines is 2. The molecule has 6 rings (SSSR count). The van der Waals surface area contributed by atoms with Gasteiger partial charge in [0, 0.05) is 42.5 Å². The largest absolute Gasteiger partial charge is 0.456 e. The lowest BCUT2D eigenvalue weighted by Gasteiger charge is -2.35. The van der Waals surface area contributed by atoms with Gasteiger partial charge >= 0.3 is 0 Å². The minimum absolute atomic E-state index is 0.0693. The molecular formula is C24H24N6O4S2. The summed E-state index contributed by atoms with van der Waals surface area (Å²) >= 11 is 1.15. The molecule has 12 heteroatoms. The Balaban J connectivity index is 1.57. The Morgan fingerprint density at radius 3 is 2.53 bits per heavy atom. The van der Waals surface area contributed by atoms with Gasteiger partial charge in [0.15, 0.2) is 0 Å². The first kappa shape index (κ1) is 23.0. The number of nitrogens with two attached hydrogens (primary N) is 2. The summed E-state index contributed by atoms with van der Waals surface area (Å²) in [6, 6.07) is 9.66. The quantitative estimate of drug-likeness (QED) is 0.394. The molecule has 0 aliphatic carbocycles. The van der Waals surface area contributed by atoms with Gasteiger partial charge in [-0.15, -0.1) is 11.3 Å². The van der Waals surface area contributed by atoms with E-state index >= 15 is 0 Å². The Kier molecular flexibility index (Phi) is 5.28. The average molecular weight is 525 g/mol. The highest BCUT2D eigenvalue weighted by Gasteiger charge is 2.34. The molecule has 186 valence electrons. The van der Waals surface area contributed by atoms with E-state index in [1.807, 2.05) is 30.3 Å². The molecule has 0 saturated carbocycles. The summed E-state index contributed by atoms with van der Waals surface area (Å²) in [4.78, 5) is 24.5. The number of aliphatic imine (C=N–C) groups is 1. The Bertz CT molecular complexity index is 1650. The van der Waals surface area contributed by atoms with Crippen LogP contribution in [0.2, 0.25) is 0 Å². The van der Waals surface area contributed by atoms with Crippen LogP contribution in [0.5, 0.6) is 0 Å². The molecule has 1 saturated heterocycles. The van der Waals surface area contributed by atoms with Crippen LogP contribution in [0.1, 0.15) is 22.2 Å². The average Bonchev–Trinajstić information content (AvgIpc) is 3.54. The molecule has 1 aromatic carbocycles. The summed E-state index contributed by atoms with van der Waals surface area (Å²) < 4.78 is 32.6. The molecule has 10 nitrogen and oxygen atoms in total. The molecule has 0 bridgehead atoms. The molecule has 2 aliphatic heterocycles. The van der Waals surface area contributed by atoms with Crippen molar-refractivity contribution in [1.82, 2.24) is 9.29 Å². The number of benzene rings is 1. The van der Waals surface area contributed by atoms with Crippen LogP contribution in [0, 0.1) is 0 Å². The topological polar surface area (TPSA) is 148 Å². The van der Waals surface area contributed by atoms with Crippen LogP contribution in [0.4, 0.5) is 11.5 Å². The highest BCUT2D eigenvalue weighted by atomic mass is 32.2. The van der Waals surface area contributed by atoms with Gasteiger partial charge < -0.3 is 20.8 Å². The number of carbonyl (C=O) groups is 1. The third-order valence-electron chi connectivity index (χ3n) is 6.65. The van der Waals surface area contributed by atoms with E-state index in [9.17, 15) is 13.2 Å². The monoisotopic (exact) mass is 524 g/mol. The molecule has 5 heterocycles. The molecule has 1 fully saturated rings. The number of nitrogens with zero attached hydrogens (tertiary/aromatic N) is 4. The number of sulfonamides is 1. The van der Waals surface area contributed by atoms with E-state index in [0.717, 1.165) is 39.1 Å². The first-order valence-corrected chi connectivity index (χ1v) is 14.0. The number of primary amides is 1. The fourth-order valence-electron chi connectivity index (χ4n) is 4.74. The molecular weight excluding hydrogens is 500 g/mol. The van der Waals surface area contributed by atoms with Gasteiger partial charge in [-0.1, -0.05) is 18.2 Å². The zero-order valence-corrected chi connectivity index (χ0v) is 21.2. The second-order valence-corrected chi connectivity index (χ2v) is 12.0. The molecule has 36 heavy (non-hydrogen) atoms. The van der Waals surface area contributed by atoms with Crippen molar-refractivity contribution in [1.29, 1.82) is 0 Å². The molecule has 0 unspecified atom stereocenters. The normalized spacial score (nSPS) is 16.6. The predicted octanol–water partition coefficient (Wildman–Crippen LogP) is 2.67. The third-order valence-corrected chi connectivity index (χ3v) is 9.65. The van der Waals surface area contributed by atoms with Gasteiger partial charge in [0.1, 0.15) is 26.9 Å². The van der Waals surface area contributed by atoms with Crippen molar-refractivity contribution in [3.63, 3.8) is 0 Å². The first-order chi connectivity index (χ1) is 17.3. The van der Waals surface area contributed by atoms with E-state index in [0.29, 0.717) is 54.5 Å². The number of carbonyl (C=O) groups excluding carboxylic acids is 1. The fraction of sp³-hybridized carbons (Fsp3) is 0.292.